The number of nitrogens with one attached hydrogen (secondary N) is 1. The molecular formula is C22H33N5O3S. The van der Waals surface area contributed by atoms with Gasteiger partial charge in [-0.3, -0.25) is 9.48 Å². The molecule has 1 aliphatic rings. The van der Waals surface area contributed by atoms with Crippen LogP contribution in [0.1, 0.15) is 48.2 Å². The fourth-order valence-electron chi connectivity index (χ4n) is 3.76. The highest BCUT2D eigenvalue weighted by molar-refractivity contribution is 7.89. The van der Waals surface area contributed by atoms with Crippen molar-refractivity contribution < 1.29 is 13.2 Å². The lowest BCUT2D eigenvalue weighted by atomic mass is 10.1. The van der Waals surface area contributed by atoms with E-state index in [0.717, 1.165) is 18.5 Å². The molecule has 0 spiro atoms. The van der Waals surface area contributed by atoms with Crippen molar-refractivity contribution in [3.05, 3.63) is 41.1 Å². The van der Waals surface area contributed by atoms with E-state index in [1.165, 1.54) is 26.3 Å². The third-order valence-electron chi connectivity index (χ3n) is 5.85. The molecule has 2 aromatic rings. The second-order valence-electron chi connectivity index (χ2n) is 7.92. The van der Waals surface area contributed by atoms with Crippen LogP contribution >= 0.6 is 0 Å². The van der Waals surface area contributed by atoms with Crippen LogP contribution in [0.25, 0.3) is 0 Å². The van der Waals surface area contributed by atoms with Gasteiger partial charge in [0.25, 0.3) is 15.9 Å². The van der Waals surface area contributed by atoms with Gasteiger partial charge in [0.05, 0.1) is 5.56 Å². The predicted octanol–water partition coefficient (Wildman–Crippen LogP) is 2.56. The summed E-state index contributed by atoms with van der Waals surface area (Å²) < 4.78 is 29.7. The lowest BCUT2D eigenvalue weighted by molar-refractivity contribution is 0.0949. The third-order valence-corrected chi connectivity index (χ3v) is 7.69. The van der Waals surface area contributed by atoms with Gasteiger partial charge >= 0.3 is 0 Å². The smallest absolute Gasteiger partial charge is 0.263 e. The number of aryl methyl sites for hydroxylation is 2. The zero-order chi connectivity index (χ0) is 22.6. The molecule has 31 heavy (non-hydrogen) atoms. The summed E-state index contributed by atoms with van der Waals surface area (Å²) in [6, 6.07) is 6.19. The first-order chi connectivity index (χ1) is 14.8. The Hall–Kier alpha value is -2.39. The van der Waals surface area contributed by atoms with E-state index < -0.39 is 10.0 Å². The Labute approximate surface area is 185 Å². The number of piperazine rings is 1. The molecule has 1 N–H and O–H groups in total. The summed E-state index contributed by atoms with van der Waals surface area (Å²) in [7, 11) is -3.87. The third kappa shape index (κ3) is 4.93. The lowest BCUT2D eigenvalue weighted by Gasteiger charge is -2.36. The van der Waals surface area contributed by atoms with E-state index >= 15 is 0 Å². The van der Waals surface area contributed by atoms with Crippen molar-refractivity contribution in [1.82, 2.24) is 19.4 Å². The Morgan fingerprint density at radius 1 is 1.13 bits per heavy atom. The molecule has 1 aromatic carbocycles. The maximum absolute atomic E-state index is 13.4. The second-order valence-corrected chi connectivity index (χ2v) is 9.78. The summed E-state index contributed by atoms with van der Waals surface area (Å²) in [5.74, 6) is -0.388. The van der Waals surface area contributed by atoms with Crippen molar-refractivity contribution in [2.75, 3.05) is 37.6 Å². The molecule has 0 saturated carbocycles. The monoisotopic (exact) mass is 447 g/mol. The van der Waals surface area contributed by atoms with Gasteiger partial charge in [0.15, 0.2) is 0 Å². The Bertz CT molecular complexity index is 1020. The molecule has 3 rings (SSSR count). The van der Waals surface area contributed by atoms with Crippen LogP contribution in [-0.2, 0) is 16.6 Å². The van der Waals surface area contributed by atoms with Gasteiger partial charge in [-0.15, -0.1) is 0 Å². The number of rotatable bonds is 8. The molecular weight excluding hydrogens is 414 g/mol. The fourth-order valence-corrected chi connectivity index (χ4v) is 5.28. The highest BCUT2D eigenvalue weighted by Gasteiger charge is 2.34. The average molecular weight is 448 g/mol. The summed E-state index contributed by atoms with van der Waals surface area (Å²) in [5.41, 5.74) is 3.70. The Balaban J connectivity index is 1.79. The Morgan fingerprint density at radius 3 is 2.48 bits per heavy atom. The van der Waals surface area contributed by atoms with Crippen LogP contribution in [0.5, 0.6) is 0 Å². The van der Waals surface area contributed by atoms with E-state index in [-0.39, 0.29) is 16.5 Å². The Morgan fingerprint density at radius 2 is 1.84 bits per heavy atom. The van der Waals surface area contributed by atoms with Gasteiger partial charge < -0.3 is 10.2 Å². The van der Waals surface area contributed by atoms with Gasteiger partial charge in [0.1, 0.15) is 0 Å². The number of anilines is 1. The normalized spacial score (nSPS) is 15.3. The number of aromatic nitrogens is 2. The van der Waals surface area contributed by atoms with Crippen molar-refractivity contribution in [2.24, 2.45) is 0 Å². The molecule has 0 bridgehead atoms. The first-order valence-corrected chi connectivity index (χ1v) is 12.4. The first-order valence-electron chi connectivity index (χ1n) is 11.0. The SMILES string of the molecule is CCCCNC(=O)c1cn(CC)nc1S(=O)(=O)N1CCN(c2cccc(C)c2C)CC1. The number of carbonyl (C=O) groups excluding carboxylic acids is 1. The molecule has 8 nitrogen and oxygen atoms in total. The summed E-state index contributed by atoms with van der Waals surface area (Å²) in [6.07, 6.45) is 3.32. The van der Waals surface area contributed by atoms with Gasteiger partial charge in [-0.05, 0) is 44.4 Å². The number of hydrogen-bond acceptors (Lipinski definition) is 5. The molecule has 1 aliphatic heterocycles. The molecule has 1 aromatic heterocycles. The van der Waals surface area contributed by atoms with Gasteiger partial charge in [0.2, 0.25) is 5.03 Å². The number of unbranched alkanes of at least 4 members (excludes halogenated alkanes) is 1. The van der Waals surface area contributed by atoms with Crippen LogP contribution in [0, 0.1) is 13.8 Å². The van der Waals surface area contributed by atoms with E-state index in [1.807, 2.05) is 19.9 Å². The summed E-state index contributed by atoms with van der Waals surface area (Å²) in [4.78, 5) is 14.9. The molecule has 1 fully saturated rings. The zero-order valence-corrected chi connectivity index (χ0v) is 19.7. The van der Waals surface area contributed by atoms with Crippen molar-refractivity contribution in [3.8, 4) is 0 Å². The van der Waals surface area contributed by atoms with Crippen LogP contribution in [0.3, 0.4) is 0 Å². The predicted molar refractivity (Wildman–Crippen MR) is 122 cm³/mol. The highest BCUT2D eigenvalue weighted by Crippen LogP contribution is 2.26. The maximum atomic E-state index is 13.4. The largest absolute Gasteiger partial charge is 0.369 e. The molecule has 2 heterocycles. The van der Waals surface area contributed by atoms with E-state index in [2.05, 4.69) is 41.3 Å². The molecule has 1 saturated heterocycles. The van der Waals surface area contributed by atoms with Gasteiger partial charge in [-0.2, -0.15) is 9.40 Å². The minimum Gasteiger partial charge on any atom is -0.369 e. The lowest BCUT2D eigenvalue weighted by Crippen LogP contribution is -2.49. The van der Waals surface area contributed by atoms with Crippen LogP contribution in [0.2, 0.25) is 0 Å². The quantitative estimate of drug-likeness (QED) is 0.629. The van der Waals surface area contributed by atoms with E-state index in [4.69, 9.17) is 0 Å². The minimum atomic E-state index is -3.87. The standard InChI is InChI=1S/C22H33N5O3S/c1-5-7-11-23-21(28)19-16-26(6-2)24-22(19)31(29,30)27-14-12-25(13-15-27)20-10-8-9-17(3)18(20)4/h8-10,16H,5-7,11-15H2,1-4H3,(H,23,28). The van der Waals surface area contributed by atoms with Crippen molar-refractivity contribution in [3.63, 3.8) is 0 Å². The molecule has 0 atom stereocenters. The van der Waals surface area contributed by atoms with Crippen LogP contribution in [0.15, 0.2) is 29.4 Å². The average Bonchev–Trinajstić information content (AvgIpc) is 3.21. The molecule has 9 heteroatoms. The van der Waals surface area contributed by atoms with Crippen LogP contribution < -0.4 is 10.2 Å². The number of sulfonamides is 1. The van der Waals surface area contributed by atoms with E-state index in [9.17, 15) is 13.2 Å². The van der Waals surface area contributed by atoms with Gasteiger partial charge in [0, 0.05) is 51.2 Å². The first kappa shape index (κ1) is 23.3. The molecule has 0 aliphatic carbocycles. The number of amides is 1. The number of carbonyl (C=O) groups is 1. The van der Waals surface area contributed by atoms with Gasteiger partial charge in [-0.25, -0.2) is 8.42 Å². The number of benzene rings is 1. The molecule has 0 radical (unpaired) electrons. The topological polar surface area (TPSA) is 87.5 Å². The second kappa shape index (κ2) is 9.82. The fraction of sp³-hybridized carbons (Fsp3) is 0.545. The van der Waals surface area contributed by atoms with Crippen LogP contribution in [-0.4, -0.2) is 61.1 Å². The van der Waals surface area contributed by atoms with Crippen molar-refractivity contribution >= 4 is 21.6 Å². The van der Waals surface area contributed by atoms with Crippen LogP contribution in [0.4, 0.5) is 5.69 Å². The zero-order valence-electron chi connectivity index (χ0n) is 18.9. The van der Waals surface area contributed by atoms with Crippen molar-refractivity contribution in [1.29, 1.82) is 0 Å². The minimum absolute atomic E-state index is 0.120. The summed E-state index contributed by atoms with van der Waals surface area (Å²) >= 11 is 0. The maximum Gasteiger partial charge on any atom is 0.263 e. The highest BCUT2D eigenvalue weighted by atomic mass is 32.2. The number of hydrogen-bond donors (Lipinski definition) is 1. The van der Waals surface area contributed by atoms with Crippen molar-refractivity contribution in [2.45, 2.75) is 52.1 Å². The molecule has 1 amide bonds. The summed E-state index contributed by atoms with van der Waals surface area (Å²) in [6.45, 7) is 11.0. The molecule has 0 unspecified atom stereocenters. The van der Waals surface area contributed by atoms with E-state index in [0.29, 0.717) is 39.3 Å². The Kier molecular flexibility index (Phi) is 7.38. The van der Waals surface area contributed by atoms with E-state index in [1.54, 1.807) is 0 Å². The molecule has 170 valence electrons. The number of nitrogens with zero attached hydrogens (tertiary/aromatic N) is 4. The van der Waals surface area contributed by atoms with Gasteiger partial charge in [-0.1, -0.05) is 25.5 Å². The summed E-state index contributed by atoms with van der Waals surface area (Å²) in [5, 5.41) is 6.90.